The number of benzene rings is 1. The van der Waals surface area contributed by atoms with Gasteiger partial charge in [-0.25, -0.2) is 9.18 Å². The van der Waals surface area contributed by atoms with E-state index in [2.05, 4.69) is 5.32 Å². The molecule has 0 amide bonds. The molecule has 4 N–H and O–H groups in total. The van der Waals surface area contributed by atoms with Crippen molar-refractivity contribution in [2.45, 2.75) is 51.3 Å². The number of fused-ring (bicyclic) bond motifs is 1. The molecule has 1 atom stereocenters. The molecular formula is C21H25FN2O7. The standard InChI is InChI=1S/C21H25FN2O7/c1-2-31-21(30)14-8-24(12-4-5-12)19-13(20(14)29)7-16(22)18(15(19)10-26)23-11(9-25)3-6-17(27)28/h7-8,11-12,23,25-26H,2-6,9-10H2,1H3,(H,27,28)/t11-/m0/s1. The second-order valence-electron chi connectivity index (χ2n) is 7.45. The number of carbonyl (C=O) groups excluding carboxylic acids is 1. The summed E-state index contributed by atoms with van der Waals surface area (Å²) in [6.07, 6.45) is 2.77. The number of hydrogen-bond acceptors (Lipinski definition) is 7. The van der Waals surface area contributed by atoms with Gasteiger partial charge >= 0.3 is 11.9 Å². The molecule has 1 saturated carbocycles. The number of carbonyl (C=O) groups is 2. The molecule has 1 aromatic heterocycles. The predicted octanol–water partition coefficient (Wildman–Crippen LogP) is 1.78. The zero-order chi connectivity index (χ0) is 22.7. The molecule has 0 saturated heterocycles. The Labute approximate surface area is 177 Å². The zero-order valence-electron chi connectivity index (χ0n) is 17.1. The SMILES string of the molecule is CCOC(=O)c1cn(C2CC2)c2c(CO)c(N[C@H](CO)CCC(=O)O)c(F)cc2c1=O. The minimum Gasteiger partial charge on any atom is -0.481 e. The Morgan fingerprint density at radius 1 is 1.35 bits per heavy atom. The van der Waals surface area contributed by atoms with E-state index in [4.69, 9.17) is 9.84 Å². The maximum absolute atomic E-state index is 15.0. The molecule has 3 rings (SSSR count). The van der Waals surface area contributed by atoms with E-state index in [1.54, 1.807) is 11.5 Å². The largest absolute Gasteiger partial charge is 0.481 e. The topological polar surface area (TPSA) is 138 Å². The second-order valence-corrected chi connectivity index (χ2v) is 7.45. The third-order valence-corrected chi connectivity index (χ3v) is 5.24. The summed E-state index contributed by atoms with van der Waals surface area (Å²) in [5.41, 5.74) is -0.628. The molecule has 168 valence electrons. The van der Waals surface area contributed by atoms with Crippen LogP contribution < -0.4 is 10.7 Å². The summed E-state index contributed by atoms with van der Waals surface area (Å²) in [6, 6.07) is 0.209. The van der Waals surface area contributed by atoms with Crippen LogP contribution in [0.25, 0.3) is 10.9 Å². The van der Waals surface area contributed by atoms with Crippen LogP contribution >= 0.6 is 0 Å². The van der Waals surface area contributed by atoms with Gasteiger partial charge in [-0.1, -0.05) is 0 Å². The highest BCUT2D eigenvalue weighted by molar-refractivity contribution is 5.96. The summed E-state index contributed by atoms with van der Waals surface area (Å²) in [6.45, 7) is 0.630. The van der Waals surface area contributed by atoms with Crippen LogP contribution in [0.15, 0.2) is 17.1 Å². The molecule has 1 fully saturated rings. The lowest BCUT2D eigenvalue weighted by Gasteiger charge is -2.22. The Balaban J connectivity index is 2.18. The van der Waals surface area contributed by atoms with Crippen LogP contribution in [0.3, 0.4) is 0 Å². The smallest absolute Gasteiger partial charge is 0.343 e. The fourth-order valence-electron chi connectivity index (χ4n) is 3.58. The average molecular weight is 436 g/mol. The molecule has 1 aromatic carbocycles. The van der Waals surface area contributed by atoms with E-state index in [1.165, 1.54) is 6.20 Å². The van der Waals surface area contributed by atoms with Gasteiger partial charge in [0.2, 0.25) is 5.43 Å². The highest BCUT2D eigenvalue weighted by Gasteiger charge is 2.30. The van der Waals surface area contributed by atoms with Gasteiger partial charge in [-0.2, -0.15) is 0 Å². The van der Waals surface area contributed by atoms with Gasteiger partial charge in [0, 0.05) is 35.7 Å². The van der Waals surface area contributed by atoms with E-state index in [0.717, 1.165) is 18.9 Å². The summed E-state index contributed by atoms with van der Waals surface area (Å²) in [4.78, 5) is 36.0. The van der Waals surface area contributed by atoms with Crippen LogP contribution in [-0.4, -0.2) is 51.1 Å². The number of halogens is 1. The minimum atomic E-state index is -1.06. The molecule has 0 spiro atoms. The lowest BCUT2D eigenvalue weighted by atomic mass is 10.0. The Morgan fingerprint density at radius 3 is 2.61 bits per heavy atom. The lowest BCUT2D eigenvalue weighted by molar-refractivity contribution is -0.137. The summed E-state index contributed by atoms with van der Waals surface area (Å²) in [5, 5.41) is 31.2. The molecule has 1 aliphatic rings. The molecular weight excluding hydrogens is 411 g/mol. The van der Waals surface area contributed by atoms with Crippen molar-refractivity contribution in [3.63, 3.8) is 0 Å². The van der Waals surface area contributed by atoms with Crippen LogP contribution in [0, 0.1) is 5.82 Å². The molecule has 9 nitrogen and oxygen atoms in total. The van der Waals surface area contributed by atoms with Crippen molar-refractivity contribution in [2.24, 2.45) is 0 Å². The molecule has 0 radical (unpaired) electrons. The van der Waals surface area contributed by atoms with E-state index in [0.29, 0.717) is 5.52 Å². The number of carboxylic acids is 1. The predicted molar refractivity (Wildman–Crippen MR) is 110 cm³/mol. The van der Waals surface area contributed by atoms with Gasteiger partial charge in [0.05, 0.1) is 31.0 Å². The first-order valence-electron chi connectivity index (χ1n) is 10.1. The first kappa shape index (κ1) is 22.7. The molecule has 0 unspecified atom stereocenters. The Hall–Kier alpha value is -2.98. The fourth-order valence-corrected chi connectivity index (χ4v) is 3.58. The van der Waals surface area contributed by atoms with Crippen molar-refractivity contribution in [2.75, 3.05) is 18.5 Å². The van der Waals surface area contributed by atoms with Gasteiger partial charge in [0.1, 0.15) is 11.4 Å². The van der Waals surface area contributed by atoms with Gasteiger partial charge in [0.25, 0.3) is 0 Å². The number of nitrogens with zero attached hydrogens (tertiary/aromatic N) is 1. The molecule has 0 bridgehead atoms. The van der Waals surface area contributed by atoms with Crippen LogP contribution in [0.5, 0.6) is 0 Å². The van der Waals surface area contributed by atoms with Crippen molar-refractivity contribution in [1.82, 2.24) is 4.57 Å². The quantitative estimate of drug-likeness (QED) is 0.414. The molecule has 1 heterocycles. The van der Waals surface area contributed by atoms with Gasteiger partial charge < -0.3 is 29.9 Å². The van der Waals surface area contributed by atoms with Gasteiger partial charge in [0.15, 0.2) is 0 Å². The number of aromatic nitrogens is 1. The van der Waals surface area contributed by atoms with Gasteiger partial charge in [-0.3, -0.25) is 9.59 Å². The van der Waals surface area contributed by atoms with E-state index in [1.807, 2.05) is 0 Å². The van der Waals surface area contributed by atoms with Gasteiger partial charge in [-0.15, -0.1) is 0 Å². The van der Waals surface area contributed by atoms with Crippen molar-refractivity contribution in [1.29, 1.82) is 0 Å². The van der Waals surface area contributed by atoms with E-state index >= 15 is 4.39 Å². The molecule has 1 aliphatic carbocycles. The summed E-state index contributed by atoms with van der Waals surface area (Å²) >= 11 is 0. The number of nitrogens with one attached hydrogen (secondary N) is 1. The maximum atomic E-state index is 15.0. The normalized spacial score (nSPS) is 14.5. The van der Waals surface area contributed by atoms with Crippen molar-refractivity contribution in [3.05, 3.63) is 39.4 Å². The number of aliphatic hydroxyl groups is 2. The van der Waals surface area contributed by atoms with Crippen LogP contribution in [0.1, 0.15) is 54.6 Å². The van der Waals surface area contributed by atoms with Crippen LogP contribution in [0.4, 0.5) is 10.1 Å². The van der Waals surface area contributed by atoms with Crippen molar-refractivity contribution >= 4 is 28.5 Å². The molecule has 31 heavy (non-hydrogen) atoms. The first-order chi connectivity index (χ1) is 14.8. The number of aliphatic carboxylic acids is 1. The number of hydrogen-bond donors (Lipinski definition) is 4. The fraction of sp³-hybridized carbons (Fsp3) is 0.476. The number of esters is 1. The number of carboxylic acid groups (broad SMARTS) is 1. The van der Waals surface area contributed by atoms with Crippen LogP contribution in [0.2, 0.25) is 0 Å². The zero-order valence-corrected chi connectivity index (χ0v) is 17.1. The Morgan fingerprint density at radius 2 is 2.06 bits per heavy atom. The number of ether oxygens (including phenoxy) is 1. The van der Waals surface area contributed by atoms with Crippen molar-refractivity contribution < 1.29 is 34.0 Å². The van der Waals surface area contributed by atoms with E-state index in [9.17, 15) is 24.6 Å². The third kappa shape index (κ3) is 4.70. The highest BCUT2D eigenvalue weighted by Crippen LogP contribution is 2.39. The summed E-state index contributed by atoms with van der Waals surface area (Å²) in [7, 11) is 0. The lowest BCUT2D eigenvalue weighted by Crippen LogP contribution is -2.27. The monoisotopic (exact) mass is 436 g/mol. The Bertz CT molecular complexity index is 1060. The third-order valence-electron chi connectivity index (χ3n) is 5.24. The number of pyridine rings is 1. The molecule has 0 aliphatic heterocycles. The molecule has 10 heteroatoms. The molecule has 2 aromatic rings. The number of anilines is 1. The summed E-state index contributed by atoms with van der Waals surface area (Å²) in [5.74, 6) is -2.72. The van der Waals surface area contributed by atoms with E-state index in [-0.39, 0.29) is 47.7 Å². The second kappa shape index (κ2) is 9.44. The number of aliphatic hydroxyl groups excluding tert-OH is 2. The first-order valence-corrected chi connectivity index (χ1v) is 10.1. The summed E-state index contributed by atoms with van der Waals surface area (Å²) < 4.78 is 21.7. The van der Waals surface area contributed by atoms with Gasteiger partial charge in [-0.05, 0) is 32.3 Å². The number of rotatable bonds is 10. The van der Waals surface area contributed by atoms with Crippen molar-refractivity contribution in [3.8, 4) is 0 Å². The highest BCUT2D eigenvalue weighted by atomic mass is 19.1. The average Bonchev–Trinajstić information content (AvgIpc) is 3.57. The Kier molecular flexibility index (Phi) is 6.91. The maximum Gasteiger partial charge on any atom is 0.343 e. The van der Waals surface area contributed by atoms with E-state index < -0.39 is 42.4 Å². The van der Waals surface area contributed by atoms with Crippen LogP contribution in [-0.2, 0) is 16.1 Å². The minimum absolute atomic E-state index is 0.0134.